The maximum atomic E-state index is 11.8. The summed E-state index contributed by atoms with van der Waals surface area (Å²) >= 11 is 3.26. The second-order valence-electron chi connectivity index (χ2n) is 4.14. The fourth-order valence-electron chi connectivity index (χ4n) is 1.32. The van der Waals surface area contributed by atoms with Crippen LogP contribution in [-0.2, 0) is 9.53 Å². The number of Topliss-reactive ketones (excluding diaryl/α,β-unsaturated/α-hetero) is 1. The van der Waals surface area contributed by atoms with Crippen molar-refractivity contribution in [2.45, 2.75) is 32.5 Å². The smallest absolute Gasteiger partial charge is 0.335 e. The van der Waals surface area contributed by atoms with Crippen LogP contribution in [-0.4, -0.2) is 29.1 Å². The van der Waals surface area contributed by atoms with Crippen molar-refractivity contribution in [3.05, 3.63) is 34.3 Å². The number of ketones is 1. The number of carbonyl (C=O) groups excluding carboxylic acids is 2. The van der Waals surface area contributed by atoms with Crippen LogP contribution in [0.4, 0.5) is 0 Å². The van der Waals surface area contributed by atoms with Gasteiger partial charge in [-0.05, 0) is 26.0 Å². The van der Waals surface area contributed by atoms with E-state index in [2.05, 4.69) is 15.9 Å². The van der Waals surface area contributed by atoms with E-state index in [0.717, 1.165) is 4.47 Å². The van der Waals surface area contributed by atoms with Gasteiger partial charge in [0.2, 0.25) is 0 Å². The van der Waals surface area contributed by atoms with Crippen molar-refractivity contribution in [3.8, 4) is 0 Å². The summed E-state index contributed by atoms with van der Waals surface area (Å²) in [6.45, 7) is 3.36. The summed E-state index contributed by atoms with van der Waals surface area (Å²) in [4.78, 5) is 23.1. The van der Waals surface area contributed by atoms with Gasteiger partial charge in [0.1, 0.15) is 0 Å². The summed E-state index contributed by atoms with van der Waals surface area (Å²) in [5.74, 6) is -1.06. The molecule has 1 N–H and O–H groups in total. The number of aliphatic hydroxyl groups is 1. The molecule has 0 aliphatic heterocycles. The van der Waals surface area contributed by atoms with Crippen LogP contribution in [0.15, 0.2) is 28.7 Å². The molecule has 0 aliphatic rings. The number of aliphatic hydroxyl groups excluding tert-OH is 1. The van der Waals surface area contributed by atoms with Gasteiger partial charge in [0, 0.05) is 16.5 Å². The average Bonchev–Trinajstić information content (AvgIpc) is 2.28. The third-order valence-corrected chi connectivity index (χ3v) is 2.70. The van der Waals surface area contributed by atoms with Crippen molar-refractivity contribution >= 4 is 27.7 Å². The summed E-state index contributed by atoms with van der Waals surface area (Å²) in [6.07, 6.45) is -1.99. The third kappa shape index (κ3) is 4.58. The van der Waals surface area contributed by atoms with Crippen molar-refractivity contribution < 1.29 is 19.4 Å². The van der Waals surface area contributed by atoms with Crippen molar-refractivity contribution in [3.63, 3.8) is 0 Å². The molecule has 98 valence electrons. The Balaban J connectivity index is 2.59. The van der Waals surface area contributed by atoms with Crippen molar-refractivity contribution in [1.82, 2.24) is 0 Å². The highest BCUT2D eigenvalue weighted by molar-refractivity contribution is 9.10. The molecular weight excluding hydrogens is 300 g/mol. The molecule has 0 aliphatic carbocycles. The molecule has 0 heterocycles. The molecule has 5 heteroatoms. The third-order valence-electron chi connectivity index (χ3n) is 2.17. The summed E-state index contributed by atoms with van der Waals surface area (Å²) in [5.41, 5.74) is 0.453. The summed E-state index contributed by atoms with van der Waals surface area (Å²) in [5, 5.41) is 9.55. The van der Waals surface area contributed by atoms with Crippen molar-refractivity contribution in [1.29, 1.82) is 0 Å². The van der Waals surface area contributed by atoms with Crippen LogP contribution in [0.2, 0.25) is 0 Å². The number of ether oxygens (including phenoxy) is 1. The molecule has 1 aromatic carbocycles. The minimum Gasteiger partial charge on any atom is -0.461 e. The zero-order valence-corrected chi connectivity index (χ0v) is 11.8. The van der Waals surface area contributed by atoms with Crippen LogP contribution in [0, 0.1) is 0 Å². The maximum Gasteiger partial charge on any atom is 0.335 e. The van der Waals surface area contributed by atoms with Crippen LogP contribution in [0.1, 0.15) is 30.6 Å². The molecule has 0 amide bonds. The van der Waals surface area contributed by atoms with E-state index in [9.17, 15) is 14.7 Å². The van der Waals surface area contributed by atoms with Gasteiger partial charge in [-0.3, -0.25) is 4.79 Å². The molecule has 1 rings (SSSR count). The van der Waals surface area contributed by atoms with Gasteiger partial charge in [0.15, 0.2) is 11.9 Å². The fraction of sp³-hybridized carbons (Fsp3) is 0.385. The van der Waals surface area contributed by atoms with Crippen molar-refractivity contribution in [2.75, 3.05) is 0 Å². The lowest BCUT2D eigenvalue weighted by molar-refractivity contribution is -0.157. The number of hydrogen-bond acceptors (Lipinski definition) is 4. The van der Waals surface area contributed by atoms with E-state index in [1.807, 2.05) is 0 Å². The van der Waals surface area contributed by atoms with Crippen LogP contribution in [0.3, 0.4) is 0 Å². The monoisotopic (exact) mass is 314 g/mol. The molecule has 18 heavy (non-hydrogen) atoms. The maximum absolute atomic E-state index is 11.8. The van der Waals surface area contributed by atoms with Crippen LogP contribution in [0.25, 0.3) is 0 Å². The normalized spacial score (nSPS) is 12.3. The number of carbonyl (C=O) groups is 2. The average molecular weight is 315 g/mol. The molecule has 0 spiro atoms. The number of hydrogen-bond donors (Lipinski definition) is 1. The first-order valence-corrected chi connectivity index (χ1v) is 6.36. The first-order chi connectivity index (χ1) is 8.40. The number of rotatable bonds is 5. The quantitative estimate of drug-likeness (QED) is 0.669. The van der Waals surface area contributed by atoms with Gasteiger partial charge in [-0.2, -0.15) is 0 Å². The summed E-state index contributed by atoms with van der Waals surface area (Å²) < 4.78 is 5.68. The van der Waals surface area contributed by atoms with E-state index in [1.165, 1.54) is 0 Å². The molecule has 0 fully saturated rings. The molecule has 4 nitrogen and oxygen atoms in total. The van der Waals surface area contributed by atoms with Gasteiger partial charge in [-0.15, -0.1) is 0 Å². The lowest BCUT2D eigenvalue weighted by Gasteiger charge is -2.12. The SMILES string of the molecule is CC(C)OC(=O)[C@H](O)CC(=O)c1ccc(Br)cc1. The standard InChI is InChI=1S/C13H15BrO4/c1-8(2)18-13(17)12(16)7-11(15)9-3-5-10(14)6-4-9/h3-6,8,12,16H,7H2,1-2H3/t12-/m1/s1. The van der Waals surface area contributed by atoms with E-state index in [1.54, 1.807) is 38.1 Å². The van der Waals surface area contributed by atoms with Crippen molar-refractivity contribution in [2.24, 2.45) is 0 Å². The molecule has 0 unspecified atom stereocenters. The zero-order valence-electron chi connectivity index (χ0n) is 10.2. The Bertz CT molecular complexity index is 425. The second-order valence-corrected chi connectivity index (χ2v) is 5.05. The Morgan fingerprint density at radius 1 is 1.28 bits per heavy atom. The molecule has 0 saturated carbocycles. The second kappa shape index (κ2) is 6.66. The minimum absolute atomic E-state index is 0.271. The molecular formula is C13H15BrO4. The Hall–Kier alpha value is -1.20. The Kier molecular flexibility index (Phi) is 5.50. The van der Waals surface area contributed by atoms with Crippen LogP contribution >= 0.6 is 15.9 Å². The Morgan fingerprint density at radius 2 is 1.83 bits per heavy atom. The first-order valence-electron chi connectivity index (χ1n) is 5.57. The van der Waals surface area contributed by atoms with Gasteiger partial charge in [-0.25, -0.2) is 4.79 Å². The molecule has 0 aromatic heterocycles. The molecule has 1 aromatic rings. The van der Waals surface area contributed by atoms with Gasteiger partial charge in [0.25, 0.3) is 0 Å². The minimum atomic E-state index is -1.41. The Labute approximate surface area is 114 Å². The van der Waals surface area contributed by atoms with E-state index in [4.69, 9.17) is 4.74 Å². The van der Waals surface area contributed by atoms with Gasteiger partial charge < -0.3 is 9.84 Å². The first kappa shape index (κ1) is 14.9. The highest BCUT2D eigenvalue weighted by Crippen LogP contribution is 2.13. The lowest BCUT2D eigenvalue weighted by atomic mass is 10.1. The van der Waals surface area contributed by atoms with Gasteiger partial charge >= 0.3 is 5.97 Å². The fourth-order valence-corrected chi connectivity index (χ4v) is 1.59. The highest BCUT2D eigenvalue weighted by atomic mass is 79.9. The summed E-state index contributed by atoms with van der Waals surface area (Å²) in [7, 11) is 0. The van der Waals surface area contributed by atoms with Gasteiger partial charge in [-0.1, -0.05) is 28.1 Å². The molecule has 0 saturated heterocycles. The van der Waals surface area contributed by atoms with Crippen LogP contribution < -0.4 is 0 Å². The summed E-state index contributed by atoms with van der Waals surface area (Å²) in [6, 6.07) is 6.72. The van der Waals surface area contributed by atoms with Crippen LogP contribution in [0.5, 0.6) is 0 Å². The van der Waals surface area contributed by atoms with E-state index in [-0.39, 0.29) is 18.3 Å². The number of halogens is 1. The molecule has 0 radical (unpaired) electrons. The Morgan fingerprint density at radius 3 is 2.33 bits per heavy atom. The van der Waals surface area contributed by atoms with Gasteiger partial charge in [0.05, 0.1) is 6.10 Å². The van der Waals surface area contributed by atoms with E-state index < -0.39 is 12.1 Å². The predicted molar refractivity (Wildman–Crippen MR) is 70.3 cm³/mol. The predicted octanol–water partition coefficient (Wildman–Crippen LogP) is 2.33. The molecule has 0 bridgehead atoms. The topological polar surface area (TPSA) is 63.6 Å². The number of esters is 1. The highest BCUT2D eigenvalue weighted by Gasteiger charge is 2.22. The van der Waals surface area contributed by atoms with E-state index >= 15 is 0 Å². The zero-order chi connectivity index (χ0) is 13.7. The largest absolute Gasteiger partial charge is 0.461 e. The van der Waals surface area contributed by atoms with E-state index in [0.29, 0.717) is 5.56 Å². The lowest BCUT2D eigenvalue weighted by Crippen LogP contribution is -2.28. The number of benzene rings is 1. The molecule has 1 atom stereocenters.